The van der Waals surface area contributed by atoms with Gasteiger partial charge < -0.3 is 47.9 Å². The van der Waals surface area contributed by atoms with Crippen molar-refractivity contribution in [3.05, 3.63) is 141 Å². The number of aromatic amines is 1. The first-order chi connectivity index (χ1) is 41.9. The van der Waals surface area contributed by atoms with Gasteiger partial charge in [-0.05, 0) is 47.9 Å². The molecule has 27 nitrogen and oxygen atoms in total. The molecule has 3 aromatic carbocycles. The first-order valence-corrected chi connectivity index (χ1v) is 29.9. The lowest BCUT2D eigenvalue weighted by molar-refractivity contribution is -0.191. The molecule has 2 saturated heterocycles. The summed E-state index contributed by atoms with van der Waals surface area (Å²) in [6, 6.07) is 28.0. The summed E-state index contributed by atoms with van der Waals surface area (Å²) in [6.45, 7) is 0.382. The Labute approximate surface area is 530 Å². The van der Waals surface area contributed by atoms with Crippen LogP contribution in [0, 0.1) is 22.7 Å². The molecular weight excluding hydrogens is 1310 g/mol. The molecule has 2 N–H and O–H groups in total. The van der Waals surface area contributed by atoms with E-state index in [-0.39, 0.29) is 30.0 Å². The maximum atomic E-state index is 15.9. The van der Waals surface area contributed by atoms with E-state index in [1.807, 2.05) is 47.5 Å². The van der Waals surface area contributed by atoms with E-state index < -0.39 is 132 Å². The number of H-pyrrole nitrogens is 1. The van der Waals surface area contributed by atoms with Gasteiger partial charge in [-0.15, -0.1) is 0 Å². The number of rotatable bonds is 26. The number of amides is 1. The number of nitriles is 2. The van der Waals surface area contributed by atoms with Crippen molar-refractivity contribution in [3.8, 4) is 23.6 Å². The van der Waals surface area contributed by atoms with E-state index in [1.165, 1.54) is 39.0 Å². The van der Waals surface area contributed by atoms with Crippen molar-refractivity contribution in [2.75, 3.05) is 46.0 Å². The maximum Gasteiger partial charge on any atom is 0.475 e. The van der Waals surface area contributed by atoms with Crippen LogP contribution in [-0.2, 0) is 71.3 Å². The van der Waals surface area contributed by atoms with Crippen LogP contribution in [0.3, 0.4) is 0 Å². The second-order valence-corrected chi connectivity index (χ2v) is 25.1. The Bertz CT molecular complexity index is 3630. The van der Waals surface area contributed by atoms with Crippen LogP contribution in [0.5, 0.6) is 11.5 Å². The molecule has 468 valence electrons. The molecule has 8 rings (SSSR count). The topological polar surface area (TPSA) is 337 Å². The summed E-state index contributed by atoms with van der Waals surface area (Å²) in [7, 11) is -2.33. The summed E-state index contributed by atoms with van der Waals surface area (Å²) in [4.78, 5) is 79.9. The monoisotopic (exact) mass is 1360 g/mol. The Morgan fingerprint density at radius 2 is 1.30 bits per heavy atom. The number of esters is 2. The fraction of sp³-hybridized carbons (Fsp3) is 0.407. The number of ether oxygens (including phenoxy) is 9. The highest BCUT2D eigenvalue weighted by Crippen LogP contribution is 2.55. The van der Waals surface area contributed by atoms with Gasteiger partial charge in [0.25, 0.3) is 13.1 Å². The van der Waals surface area contributed by atoms with Crippen LogP contribution < -0.4 is 26.0 Å². The molecular formula is C54H52Cl6N9O18P. The molecule has 0 spiro atoms. The zero-order valence-corrected chi connectivity index (χ0v) is 51.9. The smallest absolute Gasteiger partial charge is 0.475 e. The van der Waals surface area contributed by atoms with Crippen molar-refractivity contribution in [1.29, 1.82) is 10.5 Å². The van der Waals surface area contributed by atoms with Crippen molar-refractivity contribution >= 4 is 112 Å². The molecule has 3 aromatic heterocycles. The van der Waals surface area contributed by atoms with Crippen LogP contribution >= 0.6 is 77.4 Å². The first kappa shape index (κ1) is 67.5. The minimum absolute atomic E-state index is 0.0203. The summed E-state index contributed by atoms with van der Waals surface area (Å²) in [6.07, 6.45) is -12.4. The Morgan fingerprint density at radius 3 is 1.86 bits per heavy atom. The van der Waals surface area contributed by atoms with E-state index >= 15 is 4.57 Å². The van der Waals surface area contributed by atoms with E-state index in [0.717, 1.165) is 18.6 Å². The number of nitrogens with zero attached hydrogens (tertiary/aromatic N) is 7. The standard InChI is InChI=1S/C54H52Cl6N9O18P/c1-30(70)66-45-40-46(64-28-63-45)69(29-65-40)48-44(82-31(2)78-24-8-21-61)42(37(83-48)26-79-52(32-10-6-5-7-11-32,33-12-16-35(76-3)17-13-33)34-14-18-36(77-4)19-15-34)87-88(75,80-25-9-22-62)81-27-38-41(85-49(72)53(55,56)57)43(86-50(73)54(58,59)60)47(84-38)68-23-20-39(71)67-51(68)74/h5-7,10-20,23,28-29,31,37-38,41-44,47-48H,8-9,24-27H2,1-4H3,(H,67,71,74)(H,63,64,66,70)/t31?,37-,38-,41-,42-,43-,44-,47-,48-,88?/m1/s1. The number of methoxy groups -OCH3 is 2. The Hall–Kier alpha value is -6.47. The van der Waals surface area contributed by atoms with Crippen molar-refractivity contribution < 1.29 is 75.2 Å². The lowest BCUT2D eigenvalue weighted by atomic mass is 9.80. The van der Waals surface area contributed by atoms with Gasteiger partial charge in [-0.3, -0.25) is 37.3 Å². The predicted octanol–water partition coefficient (Wildman–Crippen LogP) is 7.82. The van der Waals surface area contributed by atoms with Gasteiger partial charge >= 0.3 is 25.5 Å². The highest BCUT2D eigenvalue weighted by molar-refractivity contribution is 7.48. The molecule has 0 saturated carbocycles. The van der Waals surface area contributed by atoms with Crippen LogP contribution in [0.2, 0.25) is 0 Å². The molecule has 34 heteroatoms. The maximum absolute atomic E-state index is 15.9. The summed E-state index contributed by atoms with van der Waals surface area (Å²) in [5, 5.41) is 21.8. The minimum atomic E-state index is -5.36. The lowest BCUT2D eigenvalue weighted by Crippen LogP contribution is -2.45. The lowest BCUT2D eigenvalue weighted by Gasteiger charge is -2.37. The number of nitrogens with one attached hydrogen (secondary N) is 2. The minimum Gasteiger partial charge on any atom is -0.497 e. The van der Waals surface area contributed by atoms with Gasteiger partial charge in [0, 0.05) is 19.2 Å². The Balaban J connectivity index is 1.28. The van der Waals surface area contributed by atoms with Crippen LogP contribution in [0.4, 0.5) is 5.82 Å². The number of anilines is 1. The number of carbonyl (C=O) groups excluding carboxylic acids is 3. The molecule has 6 aromatic rings. The van der Waals surface area contributed by atoms with Crippen molar-refractivity contribution in [2.45, 2.75) is 95.2 Å². The number of benzene rings is 3. The largest absolute Gasteiger partial charge is 0.497 e. The predicted molar refractivity (Wildman–Crippen MR) is 313 cm³/mol. The molecule has 0 bridgehead atoms. The molecule has 0 radical (unpaired) electrons. The Morgan fingerprint density at radius 1 is 0.727 bits per heavy atom. The first-order valence-electron chi connectivity index (χ1n) is 26.1. The second kappa shape index (κ2) is 29.4. The summed E-state index contributed by atoms with van der Waals surface area (Å²) in [5.41, 5.74) is -1.67. The van der Waals surface area contributed by atoms with E-state index in [0.29, 0.717) is 32.8 Å². The van der Waals surface area contributed by atoms with Gasteiger partial charge in [-0.2, -0.15) is 10.5 Å². The van der Waals surface area contributed by atoms with E-state index in [2.05, 4.69) is 20.3 Å². The number of phosphoric acid groups is 1. The van der Waals surface area contributed by atoms with Gasteiger partial charge in [0.2, 0.25) is 5.91 Å². The summed E-state index contributed by atoms with van der Waals surface area (Å²) < 4.78 is 86.2. The number of hydrogen-bond donors (Lipinski definition) is 2. The zero-order valence-electron chi connectivity index (χ0n) is 46.4. The number of imidazole rings is 1. The zero-order chi connectivity index (χ0) is 63.6. The van der Waals surface area contributed by atoms with Crippen LogP contribution in [-0.4, -0.2) is 138 Å². The molecule has 2 fully saturated rings. The molecule has 10 atom stereocenters. The van der Waals surface area contributed by atoms with E-state index in [4.69, 9.17) is 126 Å². The molecule has 2 unspecified atom stereocenters. The number of fused-ring (bicyclic) bond motifs is 1. The van der Waals surface area contributed by atoms with Crippen molar-refractivity contribution in [2.24, 2.45) is 0 Å². The third kappa shape index (κ3) is 15.9. The Kier molecular flexibility index (Phi) is 22.6. The quantitative estimate of drug-likeness (QED) is 0.0130. The van der Waals surface area contributed by atoms with Gasteiger partial charge in [0.05, 0.1) is 72.0 Å². The van der Waals surface area contributed by atoms with E-state index in [1.54, 1.807) is 48.5 Å². The van der Waals surface area contributed by atoms with Crippen LogP contribution in [0.25, 0.3) is 11.2 Å². The van der Waals surface area contributed by atoms with Gasteiger partial charge in [0.15, 0.2) is 47.9 Å². The third-order valence-corrected chi connectivity index (χ3v) is 15.6. The summed E-state index contributed by atoms with van der Waals surface area (Å²) >= 11 is 35.6. The SMILES string of the molecule is COc1ccc(C(OC[C@H]2O[C@@H](n3cnc4c(NC(C)=O)ncnc43)[C@H](OC(C)OCCC#N)[C@@H]2OP(=O)(OCCC#N)OC[C@H]2O[C@@H](n3ccc(=O)[nH]c3=O)[C@H](OC(=O)C(Cl)(Cl)Cl)[C@@H]2OC(=O)C(Cl)(Cl)Cl)(c2ccccc2)c2ccc(OC)cc2)cc1. The fourth-order valence-electron chi connectivity index (χ4n) is 9.40. The number of hydrogen-bond acceptors (Lipinski definition) is 23. The molecule has 88 heavy (non-hydrogen) atoms. The number of phosphoric ester groups is 1. The van der Waals surface area contributed by atoms with Gasteiger partial charge in [0.1, 0.15) is 47.8 Å². The molecule has 1 amide bonds. The van der Waals surface area contributed by atoms with Crippen LogP contribution in [0.15, 0.2) is 113 Å². The molecule has 2 aliphatic heterocycles. The molecule has 2 aliphatic rings. The third-order valence-electron chi connectivity index (χ3n) is 13.2. The normalized spacial score (nSPS) is 21.4. The average Bonchev–Trinajstić information content (AvgIpc) is 1.35. The molecule has 5 heterocycles. The average molecular weight is 1360 g/mol. The highest BCUT2D eigenvalue weighted by atomic mass is 35.6. The second-order valence-electron chi connectivity index (χ2n) is 18.9. The highest BCUT2D eigenvalue weighted by Gasteiger charge is 2.57. The molecule has 0 aliphatic carbocycles. The van der Waals surface area contributed by atoms with Crippen LogP contribution in [0.1, 0.15) is 55.8 Å². The number of aromatic nitrogens is 6. The van der Waals surface area contributed by atoms with Crippen molar-refractivity contribution in [3.63, 3.8) is 0 Å². The fourth-order valence-corrected chi connectivity index (χ4v) is 11.1. The summed E-state index contributed by atoms with van der Waals surface area (Å²) in [5.74, 6) is -2.63. The van der Waals surface area contributed by atoms with Crippen molar-refractivity contribution in [1.82, 2.24) is 29.1 Å². The van der Waals surface area contributed by atoms with Gasteiger partial charge in [-0.25, -0.2) is 33.9 Å². The number of carbonyl (C=O) groups is 3. The number of halogens is 6. The van der Waals surface area contributed by atoms with E-state index in [9.17, 15) is 34.5 Å². The van der Waals surface area contributed by atoms with Gasteiger partial charge in [-0.1, -0.05) is 124 Å². The number of alkyl halides is 6.